The standard InChI is InChI=1S/C25H40O4/c1-15(5-10-23(28)29-4)19-8-9-20-18-7-6-16-13-17(26)11-12-24(16,2)21(18)14-22(27)25(19,20)3/h15-16,18-22,27H,5-14H2,1-4H3/t15-,16+,18?,19+,20+,21?,22+,24-,25+/m0/s1. The molecule has 4 heteroatoms. The molecule has 0 aromatic carbocycles. The number of aliphatic hydroxyl groups excluding tert-OH is 1. The first-order chi connectivity index (χ1) is 13.7. The van der Waals surface area contributed by atoms with Gasteiger partial charge in [-0.2, -0.15) is 0 Å². The maximum atomic E-state index is 12.1. The van der Waals surface area contributed by atoms with Gasteiger partial charge in [0.2, 0.25) is 0 Å². The summed E-state index contributed by atoms with van der Waals surface area (Å²) in [6.45, 7) is 7.05. The van der Waals surface area contributed by atoms with Crippen LogP contribution in [0.15, 0.2) is 0 Å². The average molecular weight is 405 g/mol. The molecule has 4 aliphatic carbocycles. The fourth-order valence-electron chi connectivity index (χ4n) is 8.62. The van der Waals surface area contributed by atoms with Crippen LogP contribution in [0, 0.1) is 46.3 Å². The predicted octanol–water partition coefficient (Wildman–Crippen LogP) is 4.77. The molecular weight excluding hydrogens is 364 g/mol. The van der Waals surface area contributed by atoms with E-state index in [0.717, 1.165) is 32.1 Å². The third kappa shape index (κ3) is 3.28. The minimum absolute atomic E-state index is 0.0373. The molecule has 0 aromatic heterocycles. The molecule has 0 radical (unpaired) electrons. The number of ketones is 1. The molecule has 4 fully saturated rings. The van der Waals surface area contributed by atoms with E-state index in [-0.39, 0.29) is 22.9 Å². The van der Waals surface area contributed by atoms with E-state index in [1.54, 1.807) is 0 Å². The number of ether oxygens (including phenoxy) is 1. The summed E-state index contributed by atoms with van der Waals surface area (Å²) in [5.74, 6) is 3.59. The van der Waals surface area contributed by atoms with Gasteiger partial charge in [-0.3, -0.25) is 9.59 Å². The van der Waals surface area contributed by atoms with Crippen LogP contribution >= 0.6 is 0 Å². The van der Waals surface area contributed by atoms with Crippen LogP contribution in [0.3, 0.4) is 0 Å². The van der Waals surface area contributed by atoms with Gasteiger partial charge in [0.05, 0.1) is 13.2 Å². The van der Waals surface area contributed by atoms with Gasteiger partial charge < -0.3 is 9.84 Å². The highest BCUT2D eigenvalue weighted by Gasteiger charge is 2.63. The quantitative estimate of drug-likeness (QED) is 0.685. The van der Waals surface area contributed by atoms with Crippen LogP contribution in [0.4, 0.5) is 0 Å². The van der Waals surface area contributed by atoms with Crippen molar-refractivity contribution in [3.8, 4) is 0 Å². The molecule has 0 heterocycles. The molecular formula is C25H40O4. The number of fused-ring (bicyclic) bond motifs is 5. The molecule has 0 bridgehead atoms. The summed E-state index contributed by atoms with van der Waals surface area (Å²) in [7, 11) is 1.46. The minimum Gasteiger partial charge on any atom is -0.469 e. The molecule has 29 heavy (non-hydrogen) atoms. The average Bonchev–Trinajstić information content (AvgIpc) is 3.06. The second-order valence-corrected chi connectivity index (χ2v) is 11.3. The van der Waals surface area contributed by atoms with Crippen LogP contribution in [0.25, 0.3) is 0 Å². The number of rotatable bonds is 4. The molecule has 0 aliphatic heterocycles. The van der Waals surface area contributed by atoms with Gasteiger partial charge in [-0.25, -0.2) is 0 Å². The minimum atomic E-state index is -0.268. The van der Waals surface area contributed by atoms with Gasteiger partial charge in [-0.15, -0.1) is 0 Å². The van der Waals surface area contributed by atoms with Gasteiger partial charge >= 0.3 is 5.97 Å². The van der Waals surface area contributed by atoms with E-state index in [1.807, 2.05) is 0 Å². The lowest BCUT2D eigenvalue weighted by Crippen LogP contribution is -2.58. The lowest BCUT2D eigenvalue weighted by Gasteiger charge is -2.62. The van der Waals surface area contributed by atoms with Gasteiger partial charge in [0.1, 0.15) is 5.78 Å². The van der Waals surface area contributed by atoms with Crippen LogP contribution in [-0.4, -0.2) is 30.1 Å². The summed E-state index contributed by atoms with van der Waals surface area (Å²) < 4.78 is 4.84. The summed E-state index contributed by atoms with van der Waals surface area (Å²) in [5, 5.41) is 11.5. The van der Waals surface area contributed by atoms with Crippen molar-refractivity contribution in [2.75, 3.05) is 7.11 Å². The molecule has 9 atom stereocenters. The summed E-state index contributed by atoms with van der Waals surface area (Å²) in [6.07, 6.45) is 9.29. The molecule has 4 saturated carbocycles. The molecule has 0 amide bonds. The molecule has 0 spiro atoms. The zero-order valence-corrected chi connectivity index (χ0v) is 18.8. The van der Waals surface area contributed by atoms with E-state index in [0.29, 0.717) is 47.7 Å². The number of aliphatic hydroxyl groups is 1. The van der Waals surface area contributed by atoms with E-state index < -0.39 is 0 Å². The molecule has 4 rings (SSSR count). The number of hydrogen-bond donors (Lipinski definition) is 1. The van der Waals surface area contributed by atoms with E-state index in [4.69, 9.17) is 4.74 Å². The van der Waals surface area contributed by atoms with E-state index in [9.17, 15) is 14.7 Å². The predicted molar refractivity (Wildman–Crippen MR) is 112 cm³/mol. The third-order valence-corrected chi connectivity index (χ3v) is 10.4. The first kappa shape index (κ1) is 21.3. The maximum absolute atomic E-state index is 12.1. The number of hydrogen-bond acceptors (Lipinski definition) is 4. The van der Waals surface area contributed by atoms with Crippen molar-refractivity contribution in [3.63, 3.8) is 0 Å². The summed E-state index contributed by atoms with van der Waals surface area (Å²) in [5.41, 5.74) is 0.193. The molecule has 164 valence electrons. The van der Waals surface area contributed by atoms with E-state index in [2.05, 4.69) is 20.8 Å². The van der Waals surface area contributed by atoms with Crippen LogP contribution in [-0.2, 0) is 14.3 Å². The van der Waals surface area contributed by atoms with Crippen molar-refractivity contribution in [2.45, 2.75) is 91.1 Å². The lowest BCUT2D eigenvalue weighted by atomic mass is 9.44. The summed E-state index contributed by atoms with van der Waals surface area (Å²) >= 11 is 0. The molecule has 2 unspecified atom stereocenters. The Kier molecular flexibility index (Phi) is 5.63. The van der Waals surface area contributed by atoms with E-state index >= 15 is 0 Å². The molecule has 1 N–H and O–H groups in total. The largest absolute Gasteiger partial charge is 0.469 e. The van der Waals surface area contributed by atoms with Crippen LogP contribution in [0.2, 0.25) is 0 Å². The molecule has 0 aromatic rings. The Morgan fingerprint density at radius 2 is 1.97 bits per heavy atom. The number of Topliss-reactive ketones (excluding diaryl/α,β-unsaturated/α-hetero) is 1. The van der Waals surface area contributed by atoms with Crippen molar-refractivity contribution in [1.82, 2.24) is 0 Å². The Morgan fingerprint density at radius 1 is 1.21 bits per heavy atom. The third-order valence-electron chi connectivity index (χ3n) is 10.4. The second-order valence-electron chi connectivity index (χ2n) is 11.3. The highest BCUT2D eigenvalue weighted by Crippen LogP contribution is 2.68. The Bertz CT molecular complexity index is 659. The van der Waals surface area contributed by atoms with Crippen LogP contribution in [0.1, 0.15) is 85.0 Å². The summed E-state index contributed by atoms with van der Waals surface area (Å²) in [4.78, 5) is 23.7. The van der Waals surface area contributed by atoms with Gasteiger partial charge in [-0.05, 0) is 91.3 Å². The monoisotopic (exact) mass is 404 g/mol. The molecule has 4 aliphatic rings. The first-order valence-electron chi connectivity index (χ1n) is 12.0. The lowest BCUT2D eigenvalue weighted by molar-refractivity contribution is -0.171. The van der Waals surface area contributed by atoms with Gasteiger partial charge in [-0.1, -0.05) is 20.8 Å². The van der Waals surface area contributed by atoms with Crippen molar-refractivity contribution in [3.05, 3.63) is 0 Å². The van der Waals surface area contributed by atoms with Crippen molar-refractivity contribution >= 4 is 11.8 Å². The fourth-order valence-corrected chi connectivity index (χ4v) is 8.62. The van der Waals surface area contributed by atoms with Crippen LogP contribution < -0.4 is 0 Å². The highest BCUT2D eigenvalue weighted by molar-refractivity contribution is 5.79. The molecule has 4 nitrogen and oxygen atoms in total. The van der Waals surface area contributed by atoms with Gasteiger partial charge in [0, 0.05) is 19.3 Å². The summed E-state index contributed by atoms with van der Waals surface area (Å²) in [6, 6.07) is 0. The Hall–Kier alpha value is -0.900. The fraction of sp³-hybridized carbons (Fsp3) is 0.920. The highest BCUT2D eigenvalue weighted by atomic mass is 16.5. The number of methoxy groups -OCH3 is 1. The second kappa shape index (κ2) is 7.66. The SMILES string of the molecule is COC(=O)CC[C@H](C)[C@H]1CC[C@@H]2C3CC[C@@H]4CC(=O)CC[C@]4(C)C3C[C@@H](O)[C@@]21C. The van der Waals surface area contributed by atoms with Crippen LogP contribution in [0.5, 0.6) is 0 Å². The van der Waals surface area contributed by atoms with Crippen molar-refractivity contribution < 1.29 is 19.4 Å². The van der Waals surface area contributed by atoms with Gasteiger partial charge in [0.25, 0.3) is 0 Å². The molecule has 0 saturated heterocycles. The normalized spacial score (nSPS) is 47.7. The Balaban J connectivity index is 1.54. The van der Waals surface area contributed by atoms with Gasteiger partial charge in [0.15, 0.2) is 0 Å². The van der Waals surface area contributed by atoms with Crippen molar-refractivity contribution in [2.24, 2.45) is 46.3 Å². The number of carbonyl (C=O) groups excluding carboxylic acids is 2. The zero-order chi connectivity index (χ0) is 21.0. The first-order valence-corrected chi connectivity index (χ1v) is 12.0. The van der Waals surface area contributed by atoms with Crippen molar-refractivity contribution in [1.29, 1.82) is 0 Å². The van der Waals surface area contributed by atoms with E-state index in [1.165, 1.54) is 32.8 Å². The smallest absolute Gasteiger partial charge is 0.305 e. The Morgan fingerprint density at radius 3 is 2.69 bits per heavy atom. The topological polar surface area (TPSA) is 63.6 Å². The Labute approximate surface area is 176 Å². The number of esters is 1. The maximum Gasteiger partial charge on any atom is 0.305 e. The number of carbonyl (C=O) groups is 2. The zero-order valence-electron chi connectivity index (χ0n) is 18.8.